The molecule has 0 spiro atoms. The molecule has 0 aliphatic carbocycles. The number of likely N-dealkylation sites (tertiary alicyclic amines) is 1. The van der Waals surface area contributed by atoms with Crippen molar-refractivity contribution in [1.29, 1.82) is 0 Å². The molecule has 1 aliphatic rings. The normalized spacial score (nSPS) is 21.9. The van der Waals surface area contributed by atoms with Crippen LogP contribution < -0.4 is 5.69 Å². The second-order valence-corrected chi connectivity index (χ2v) is 5.03. The third kappa shape index (κ3) is 2.56. The second kappa shape index (κ2) is 5.44. The van der Waals surface area contributed by atoms with E-state index in [1.54, 1.807) is 6.07 Å². The predicted molar refractivity (Wildman–Crippen MR) is 70.1 cm³/mol. The summed E-state index contributed by atoms with van der Waals surface area (Å²) in [5.74, 6) is -1.12. The van der Waals surface area contributed by atoms with Crippen LogP contribution in [-0.4, -0.2) is 44.5 Å². The average Bonchev–Trinajstić information content (AvgIpc) is 2.87. The number of hydrogen-bond donors (Lipinski definition) is 1. The van der Waals surface area contributed by atoms with E-state index < -0.39 is 17.1 Å². The number of carboxylic acids is 1. The summed E-state index contributed by atoms with van der Waals surface area (Å²) in [6.45, 7) is 2.32. The number of nitrogens with zero attached hydrogens (tertiary/aromatic N) is 3. The molecule has 1 atom stereocenters. The zero-order valence-corrected chi connectivity index (χ0v) is 11.3. The van der Waals surface area contributed by atoms with Crippen molar-refractivity contribution < 1.29 is 14.7 Å². The van der Waals surface area contributed by atoms with Crippen molar-refractivity contribution in [3.63, 3.8) is 0 Å². The van der Waals surface area contributed by atoms with Gasteiger partial charge in [-0.1, -0.05) is 6.92 Å². The molecule has 0 aromatic carbocycles. The summed E-state index contributed by atoms with van der Waals surface area (Å²) in [5.41, 5.74) is -1.34. The molecule has 0 radical (unpaired) electrons. The zero-order chi connectivity index (χ0) is 14.8. The van der Waals surface area contributed by atoms with Gasteiger partial charge in [0.2, 0.25) is 5.91 Å². The van der Waals surface area contributed by atoms with Crippen molar-refractivity contribution in [2.75, 3.05) is 13.1 Å². The fourth-order valence-corrected chi connectivity index (χ4v) is 2.45. The van der Waals surface area contributed by atoms with Gasteiger partial charge in [-0.15, -0.1) is 0 Å². The molecule has 1 fully saturated rings. The van der Waals surface area contributed by atoms with Crippen LogP contribution in [0.15, 0.2) is 23.3 Å². The molecule has 1 unspecified atom stereocenters. The maximum Gasteiger partial charge on any atom is 0.347 e. The lowest BCUT2D eigenvalue weighted by atomic mass is 9.84. The number of carboxylic acid groups (broad SMARTS) is 1. The molecule has 2 heterocycles. The SMILES string of the molecule is CCC1(C(=O)O)CCN(C(=O)Cn2cccnc2=O)C1. The molecular weight excluding hydrogens is 262 g/mol. The first-order valence-corrected chi connectivity index (χ1v) is 6.51. The van der Waals surface area contributed by atoms with Crippen LogP contribution in [0.1, 0.15) is 19.8 Å². The minimum Gasteiger partial charge on any atom is -0.481 e. The van der Waals surface area contributed by atoms with Crippen LogP contribution in [-0.2, 0) is 16.1 Å². The third-order valence-corrected chi connectivity index (χ3v) is 3.93. The maximum atomic E-state index is 12.1. The molecule has 7 heteroatoms. The standard InChI is InChI=1S/C13H17N3O4/c1-2-13(11(18)19)4-7-16(9-13)10(17)8-15-6-3-5-14-12(15)20/h3,5-6H,2,4,7-9H2,1H3,(H,18,19). The first-order valence-electron chi connectivity index (χ1n) is 6.51. The minimum absolute atomic E-state index is 0.105. The highest BCUT2D eigenvalue weighted by molar-refractivity contribution is 5.80. The van der Waals surface area contributed by atoms with Gasteiger partial charge in [0.25, 0.3) is 0 Å². The Kier molecular flexibility index (Phi) is 3.87. The summed E-state index contributed by atoms with van der Waals surface area (Å²) in [6.07, 6.45) is 3.80. The van der Waals surface area contributed by atoms with Crippen LogP contribution in [0.2, 0.25) is 0 Å². The average molecular weight is 279 g/mol. The smallest absolute Gasteiger partial charge is 0.347 e. The van der Waals surface area contributed by atoms with Gasteiger partial charge >= 0.3 is 11.7 Å². The first kappa shape index (κ1) is 14.2. The molecule has 108 valence electrons. The number of aromatic nitrogens is 2. The quantitative estimate of drug-likeness (QED) is 0.834. The van der Waals surface area contributed by atoms with E-state index in [9.17, 15) is 19.5 Å². The van der Waals surface area contributed by atoms with Gasteiger partial charge in [0.15, 0.2) is 0 Å². The van der Waals surface area contributed by atoms with Gasteiger partial charge < -0.3 is 10.0 Å². The molecule has 0 bridgehead atoms. The minimum atomic E-state index is -0.867. The van der Waals surface area contributed by atoms with E-state index >= 15 is 0 Å². The van der Waals surface area contributed by atoms with Crippen molar-refractivity contribution in [2.45, 2.75) is 26.3 Å². The summed E-state index contributed by atoms with van der Waals surface area (Å²) in [5, 5.41) is 9.29. The van der Waals surface area contributed by atoms with Crippen molar-refractivity contribution in [3.05, 3.63) is 28.9 Å². The Balaban J connectivity index is 2.07. The van der Waals surface area contributed by atoms with Gasteiger partial charge in [0.05, 0.1) is 5.41 Å². The Morgan fingerprint density at radius 3 is 2.80 bits per heavy atom. The number of carbonyl (C=O) groups is 2. The van der Waals surface area contributed by atoms with Gasteiger partial charge in [-0.3, -0.25) is 14.2 Å². The lowest BCUT2D eigenvalue weighted by molar-refractivity contribution is -0.148. The molecular formula is C13H17N3O4. The largest absolute Gasteiger partial charge is 0.481 e. The van der Waals surface area contributed by atoms with Gasteiger partial charge in [-0.2, -0.15) is 0 Å². The van der Waals surface area contributed by atoms with E-state index in [-0.39, 0.29) is 19.0 Å². The zero-order valence-electron chi connectivity index (χ0n) is 11.3. The van der Waals surface area contributed by atoms with E-state index in [1.165, 1.54) is 21.9 Å². The predicted octanol–water partition coefficient (Wildman–Crippen LogP) is -0.0434. The number of hydrogen-bond acceptors (Lipinski definition) is 4. The molecule has 20 heavy (non-hydrogen) atoms. The number of aliphatic carboxylic acids is 1. The molecule has 1 amide bonds. The first-order chi connectivity index (χ1) is 9.48. The highest BCUT2D eigenvalue weighted by Crippen LogP contribution is 2.34. The van der Waals surface area contributed by atoms with E-state index in [4.69, 9.17) is 0 Å². The van der Waals surface area contributed by atoms with E-state index in [0.717, 1.165) is 0 Å². The second-order valence-electron chi connectivity index (χ2n) is 5.03. The van der Waals surface area contributed by atoms with Gasteiger partial charge in [0, 0.05) is 25.5 Å². The van der Waals surface area contributed by atoms with Gasteiger partial charge in [-0.05, 0) is 18.9 Å². The summed E-state index contributed by atoms with van der Waals surface area (Å²) in [6, 6.07) is 1.58. The highest BCUT2D eigenvalue weighted by Gasteiger charge is 2.44. The molecule has 7 nitrogen and oxygen atoms in total. The highest BCUT2D eigenvalue weighted by atomic mass is 16.4. The van der Waals surface area contributed by atoms with E-state index in [1.807, 2.05) is 6.92 Å². The van der Waals surface area contributed by atoms with Gasteiger partial charge in [-0.25, -0.2) is 9.78 Å². The van der Waals surface area contributed by atoms with Crippen LogP contribution in [0.25, 0.3) is 0 Å². The van der Waals surface area contributed by atoms with Crippen molar-refractivity contribution >= 4 is 11.9 Å². The van der Waals surface area contributed by atoms with Crippen LogP contribution in [0, 0.1) is 5.41 Å². The van der Waals surface area contributed by atoms with E-state index in [2.05, 4.69) is 4.98 Å². The fraction of sp³-hybridized carbons (Fsp3) is 0.538. The fourth-order valence-electron chi connectivity index (χ4n) is 2.45. The molecule has 1 aliphatic heterocycles. The summed E-state index contributed by atoms with van der Waals surface area (Å²) in [7, 11) is 0. The maximum absolute atomic E-state index is 12.1. The van der Waals surface area contributed by atoms with Crippen molar-refractivity contribution in [1.82, 2.24) is 14.5 Å². The number of carbonyl (C=O) groups excluding carboxylic acids is 1. The van der Waals surface area contributed by atoms with E-state index in [0.29, 0.717) is 19.4 Å². The molecule has 0 saturated carbocycles. The Labute approximate surface area is 115 Å². The van der Waals surface area contributed by atoms with Gasteiger partial charge in [0.1, 0.15) is 6.54 Å². The van der Waals surface area contributed by atoms with Crippen LogP contribution in [0.5, 0.6) is 0 Å². The topological polar surface area (TPSA) is 92.5 Å². The lowest BCUT2D eigenvalue weighted by Crippen LogP contribution is -2.39. The summed E-state index contributed by atoms with van der Waals surface area (Å²) < 4.78 is 1.22. The third-order valence-electron chi connectivity index (χ3n) is 3.93. The van der Waals surface area contributed by atoms with Crippen LogP contribution >= 0.6 is 0 Å². The van der Waals surface area contributed by atoms with Crippen LogP contribution in [0.3, 0.4) is 0 Å². The Morgan fingerprint density at radius 1 is 1.50 bits per heavy atom. The number of amides is 1. The Bertz CT molecular complexity index is 583. The molecule has 2 rings (SSSR count). The van der Waals surface area contributed by atoms with Crippen LogP contribution in [0.4, 0.5) is 0 Å². The molecule has 1 aromatic heterocycles. The summed E-state index contributed by atoms with van der Waals surface area (Å²) >= 11 is 0. The Morgan fingerprint density at radius 2 is 2.25 bits per heavy atom. The number of rotatable bonds is 4. The monoisotopic (exact) mass is 279 g/mol. The molecule has 1 aromatic rings. The van der Waals surface area contributed by atoms with Crippen molar-refractivity contribution in [2.24, 2.45) is 5.41 Å². The lowest BCUT2D eigenvalue weighted by Gasteiger charge is -2.23. The Hall–Kier alpha value is -2.18. The molecule has 1 saturated heterocycles. The molecule has 1 N–H and O–H groups in total. The summed E-state index contributed by atoms with van der Waals surface area (Å²) in [4.78, 5) is 40.0. The van der Waals surface area contributed by atoms with Crippen molar-refractivity contribution in [3.8, 4) is 0 Å².